The molecule has 0 atom stereocenters. The summed E-state index contributed by atoms with van der Waals surface area (Å²) in [6, 6.07) is 0. The molecule has 0 rings (SSSR count). The Kier molecular flexibility index (Phi) is 23.0. The standard InChI is InChI=1S/C27H56NO2/c1-3-5-7-8-9-10-11-12-13-14-15-16-17-18-19-21-23-28(24-26-29,25-27-30)22-20-6-4-2/h12-13,29-30H,3-11,14-27H2,1-2H3/q+1/b13-12-. The number of nitrogens with zero attached hydrogens (tertiary/aromatic N) is 1. The van der Waals surface area contributed by atoms with Crippen LogP contribution >= 0.6 is 0 Å². The lowest BCUT2D eigenvalue weighted by atomic mass is 10.1. The highest BCUT2D eigenvalue weighted by Gasteiger charge is 2.25. The predicted octanol–water partition coefficient (Wildman–Crippen LogP) is 7.02. The van der Waals surface area contributed by atoms with E-state index in [0.29, 0.717) is 0 Å². The van der Waals surface area contributed by atoms with Crippen LogP contribution in [0.3, 0.4) is 0 Å². The number of unbranched alkanes of at least 4 members (excludes halogenated alkanes) is 14. The largest absolute Gasteiger partial charge is 0.391 e. The van der Waals surface area contributed by atoms with E-state index in [4.69, 9.17) is 0 Å². The quantitative estimate of drug-likeness (QED) is 0.0989. The van der Waals surface area contributed by atoms with Crippen molar-refractivity contribution in [1.82, 2.24) is 0 Å². The Morgan fingerprint density at radius 3 is 1.30 bits per heavy atom. The van der Waals surface area contributed by atoms with Gasteiger partial charge in [-0.25, -0.2) is 0 Å². The zero-order chi connectivity index (χ0) is 22.2. The number of hydrogen-bond donors (Lipinski definition) is 2. The van der Waals surface area contributed by atoms with Gasteiger partial charge in [0.05, 0.1) is 26.3 Å². The molecule has 0 heterocycles. The van der Waals surface area contributed by atoms with Crippen LogP contribution in [0.1, 0.15) is 123 Å². The smallest absolute Gasteiger partial charge is 0.102 e. The van der Waals surface area contributed by atoms with Crippen molar-refractivity contribution in [2.24, 2.45) is 0 Å². The molecule has 0 aromatic heterocycles. The minimum atomic E-state index is 0.235. The molecule has 0 saturated carbocycles. The Morgan fingerprint density at radius 2 is 0.833 bits per heavy atom. The zero-order valence-electron chi connectivity index (χ0n) is 20.8. The summed E-state index contributed by atoms with van der Waals surface area (Å²) >= 11 is 0. The molecule has 0 radical (unpaired) electrons. The van der Waals surface area contributed by atoms with Gasteiger partial charge in [-0.2, -0.15) is 0 Å². The Balaban J connectivity index is 3.69. The first-order valence-electron chi connectivity index (χ1n) is 13.5. The molecule has 0 unspecified atom stereocenters. The summed E-state index contributed by atoms with van der Waals surface area (Å²) in [6.07, 6.45) is 27.2. The fraction of sp³-hybridized carbons (Fsp3) is 0.926. The van der Waals surface area contributed by atoms with Crippen LogP contribution in [0.15, 0.2) is 12.2 Å². The first-order chi connectivity index (χ1) is 14.7. The average molecular weight is 427 g/mol. The zero-order valence-corrected chi connectivity index (χ0v) is 20.8. The van der Waals surface area contributed by atoms with E-state index < -0.39 is 0 Å². The van der Waals surface area contributed by atoms with Crippen LogP contribution in [0.4, 0.5) is 0 Å². The maximum absolute atomic E-state index is 9.52. The minimum absolute atomic E-state index is 0.235. The van der Waals surface area contributed by atoms with Crippen molar-refractivity contribution in [1.29, 1.82) is 0 Å². The van der Waals surface area contributed by atoms with E-state index in [2.05, 4.69) is 26.0 Å². The fourth-order valence-corrected chi connectivity index (χ4v) is 4.49. The van der Waals surface area contributed by atoms with Gasteiger partial charge < -0.3 is 14.7 Å². The van der Waals surface area contributed by atoms with Crippen LogP contribution in [0.25, 0.3) is 0 Å². The van der Waals surface area contributed by atoms with Crippen LogP contribution in [0, 0.1) is 0 Å². The predicted molar refractivity (Wildman–Crippen MR) is 133 cm³/mol. The highest BCUT2D eigenvalue weighted by molar-refractivity contribution is 4.81. The molecule has 3 heteroatoms. The molecule has 180 valence electrons. The van der Waals surface area contributed by atoms with E-state index >= 15 is 0 Å². The molecular weight excluding hydrogens is 370 g/mol. The van der Waals surface area contributed by atoms with Gasteiger partial charge in [-0.05, 0) is 51.4 Å². The van der Waals surface area contributed by atoms with Crippen molar-refractivity contribution >= 4 is 0 Å². The number of rotatable bonds is 24. The highest BCUT2D eigenvalue weighted by Crippen LogP contribution is 2.15. The van der Waals surface area contributed by atoms with Gasteiger partial charge >= 0.3 is 0 Å². The summed E-state index contributed by atoms with van der Waals surface area (Å²) in [5, 5.41) is 19.0. The van der Waals surface area contributed by atoms with Gasteiger partial charge in [0, 0.05) is 0 Å². The van der Waals surface area contributed by atoms with Crippen molar-refractivity contribution in [2.75, 3.05) is 39.4 Å². The maximum Gasteiger partial charge on any atom is 0.102 e. The Morgan fingerprint density at radius 1 is 0.467 bits per heavy atom. The molecule has 0 aromatic carbocycles. The van der Waals surface area contributed by atoms with Crippen molar-refractivity contribution in [3.05, 3.63) is 12.2 Å². The van der Waals surface area contributed by atoms with Crippen LogP contribution in [-0.4, -0.2) is 54.1 Å². The lowest BCUT2D eigenvalue weighted by molar-refractivity contribution is -0.929. The van der Waals surface area contributed by atoms with Crippen LogP contribution in [0.2, 0.25) is 0 Å². The molecule has 0 bridgehead atoms. The van der Waals surface area contributed by atoms with Gasteiger partial charge in [-0.3, -0.25) is 0 Å². The molecule has 0 aliphatic heterocycles. The van der Waals surface area contributed by atoms with Gasteiger partial charge in [-0.15, -0.1) is 0 Å². The summed E-state index contributed by atoms with van der Waals surface area (Å²) in [6.45, 7) is 8.81. The summed E-state index contributed by atoms with van der Waals surface area (Å²) in [5.74, 6) is 0. The number of quaternary nitrogens is 1. The average Bonchev–Trinajstić information content (AvgIpc) is 2.74. The number of hydrogen-bond acceptors (Lipinski definition) is 2. The Labute approximate surface area is 189 Å². The molecule has 0 amide bonds. The second-order valence-electron chi connectivity index (χ2n) is 9.33. The maximum atomic E-state index is 9.52. The fourth-order valence-electron chi connectivity index (χ4n) is 4.49. The van der Waals surface area contributed by atoms with E-state index in [0.717, 1.165) is 30.7 Å². The minimum Gasteiger partial charge on any atom is -0.391 e. The molecule has 0 saturated heterocycles. The van der Waals surface area contributed by atoms with Crippen molar-refractivity contribution in [3.8, 4) is 0 Å². The van der Waals surface area contributed by atoms with Crippen LogP contribution in [0.5, 0.6) is 0 Å². The lowest BCUT2D eigenvalue weighted by Crippen LogP contribution is -2.52. The van der Waals surface area contributed by atoms with Crippen molar-refractivity contribution in [3.63, 3.8) is 0 Å². The summed E-state index contributed by atoms with van der Waals surface area (Å²) in [4.78, 5) is 0. The molecule has 30 heavy (non-hydrogen) atoms. The number of allylic oxidation sites excluding steroid dienone is 2. The first-order valence-corrected chi connectivity index (χ1v) is 13.5. The highest BCUT2D eigenvalue weighted by atomic mass is 16.3. The normalized spacial score (nSPS) is 12.3. The summed E-state index contributed by atoms with van der Waals surface area (Å²) in [7, 11) is 0. The SMILES string of the molecule is CCCCCCCC/C=C\CCCCCCCC[N+](CCO)(CCO)CCCCC. The summed E-state index contributed by atoms with van der Waals surface area (Å²) in [5.41, 5.74) is 0. The van der Waals surface area contributed by atoms with E-state index in [-0.39, 0.29) is 13.2 Å². The number of aliphatic hydroxyl groups is 2. The molecule has 0 spiro atoms. The van der Waals surface area contributed by atoms with E-state index in [1.807, 2.05) is 0 Å². The van der Waals surface area contributed by atoms with Crippen LogP contribution in [-0.2, 0) is 0 Å². The van der Waals surface area contributed by atoms with E-state index in [1.54, 1.807) is 0 Å². The monoisotopic (exact) mass is 426 g/mol. The third-order valence-corrected chi connectivity index (χ3v) is 6.53. The molecule has 0 aliphatic rings. The van der Waals surface area contributed by atoms with Crippen molar-refractivity contribution < 1.29 is 14.7 Å². The molecule has 0 fully saturated rings. The van der Waals surface area contributed by atoms with E-state index in [9.17, 15) is 10.2 Å². The third kappa shape index (κ3) is 18.4. The first kappa shape index (κ1) is 29.6. The molecule has 3 nitrogen and oxygen atoms in total. The van der Waals surface area contributed by atoms with Gasteiger partial charge in [-0.1, -0.05) is 83.8 Å². The Hall–Kier alpha value is -0.380. The molecule has 2 N–H and O–H groups in total. The van der Waals surface area contributed by atoms with E-state index in [1.165, 1.54) is 109 Å². The third-order valence-electron chi connectivity index (χ3n) is 6.53. The van der Waals surface area contributed by atoms with Gasteiger partial charge in [0.1, 0.15) is 13.1 Å². The van der Waals surface area contributed by atoms with Crippen LogP contribution < -0.4 is 0 Å². The Bertz CT molecular complexity index is 351. The molecule has 0 aromatic rings. The lowest BCUT2D eigenvalue weighted by Gasteiger charge is -2.38. The number of aliphatic hydroxyl groups excluding tert-OH is 2. The summed E-state index contributed by atoms with van der Waals surface area (Å²) < 4.78 is 0.913. The molecular formula is C27H56NO2+. The molecule has 0 aliphatic carbocycles. The second kappa shape index (κ2) is 23.3. The second-order valence-corrected chi connectivity index (χ2v) is 9.33. The van der Waals surface area contributed by atoms with Gasteiger partial charge in [0.2, 0.25) is 0 Å². The van der Waals surface area contributed by atoms with Gasteiger partial charge in [0.15, 0.2) is 0 Å². The topological polar surface area (TPSA) is 40.5 Å². The van der Waals surface area contributed by atoms with Gasteiger partial charge in [0.25, 0.3) is 0 Å². The van der Waals surface area contributed by atoms with Crippen molar-refractivity contribution in [2.45, 2.75) is 123 Å².